The fraction of sp³-hybridized carbons (Fsp3) is 0.455. The minimum atomic E-state index is 0.520. The summed E-state index contributed by atoms with van der Waals surface area (Å²) in [7, 11) is 0. The van der Waals surface area contributed by atoms with Gasteiger partial charge in [-0.3, -0.25) is 0 Å². The third kappa shape index (κ3) is 2.33. The van der Waals surface area contributed by atoms with Crippen LogP contribution in [0.5, 0.6) is 0 Å². The summed E-state index contributed by atoms with van der Waals surface area (Å²) in [5.74, 6) is 0.987. The van der Waals surface area contributed by atoms with Crippen molar-refractivity contribution in [1.82, 2.24) is 10.3 Å². The molecule has 80 valence electrons. The van der Waals surface area contributed by atoms with Crippen LogP contribution in [0.1, 0.15) is 12.6 Å². The predicted octanol–water partition coefficient (Wildman–Crippen LogP) is 0.879. The highest BCUT2D eigenvalue weighted by molar-refractivity contribution is 5.94. The number of hydrogen-bond acceptors (Lipinski definition) is 4. The highest BCUT2D eigenvalue weighted by Gasteiger charge is 2.11. The van der Waals surface area contributed by atoms with Gasteiger partial charge in [0, 0.05) is 26.2 Å². The van der Waals surface area contributed by atoms with Crippen molar-refractivity contribution in [2.45, 2.75) is 6.92 Å². The molecule has 2 rings (SSSR count). The van der Waals surface area contributed by atoms with Gasteiger partial charge in [-0.15, -0.1) is 0 Å². The smallest absolute Gasteiger partial charge is 0.129 e. The number of nitrogens with one attached hydrogen (secondary N) is 2. The molecule has 0 bridgehead atoms. The number of pyridine rings is 1. The molecule has 1 saturated heterocycles. The molecule has 0 atom stereocenters. The molecule has 0 spiro atoms. The van der Waals surface area contributed by atoms with Crippen LogP contribution >= 0.6 is 0 Å². The SMILES string of the molecule is CC(=N)c1cccc(N2CCNCC2)n1. The lowest BCUT2D eigenvalue weighted by atomic mass is 10.2. The second kappa shape index (κ2) is 4.40. The van der Waals surface area contributed by atoms with Gasteiger partial charge >= 0.3 is 0 Å². The monoisotopic (exact) mass is 204 g/mol. The summed E-state index contributed by atoms with van der Waals surface area (Å²) in [6.45, 7) is 5.77. The van der Waals surface area contributed by atoms with Gasteiger partial charge in [0.05, 0.1) is 11.4 Å². The van der Waals surface area contributed by atoms with E-state index in [2.05, 4.69) is 15.2 Å². The van der Waals surface area contributed by atoms with Crippen molar-refractivity contribution in [2.75, 3.05) is 31.1 Å². The van der Waals surface area contributed by atoms with Gasteiger partial charge in [0.1, 0.15) is 5.82 Å². The molecule has 0 amide bonds. The second-order valence-corrected chi connectivity index (χ2v) is 3.74. The molecular weight excluding hydrogens is 188 g/mol. The van der Waals surface area contributed by atoms with Crippen LogP contribution in [0.25, 0.3) is 0 Å². The largest absolute Gasteiger partial charge is 0.354 e. The van der Waals surface area contributed by atoms with Crippen LogP contribution in [0.2, 0.25) is 0 Å². The van der Waals surface area contributed by atoms with Gasteiger partial charge in [-0.1, -0.05) is 6.07 Å². The van der Waals surface area contributed by atoms with Crippen LogP contribution in [-0.4, -0.2) is 36.9 Å². The van der Waals surface area contributed by atoms with Crippen molar-refractivity contribution >= 4 is 11.5 Å². The number of rotatable bonds is 2. The van der Waals surface area contributed by atoms with Crippen LogP contribution < -0.4 is 10.2 Å². The number of anilines is 1. The molecule has 4 heteroatoms. The molecule has 0 aromatic carbocycles. The van der Waals surface area contributed by atoms with Gasteiger partial charge in [0.15, 0.2) is 0 Å². The van der Waals surface area contributed by atoms with Crippen molar-refractivity contribution in [1.29, 1.82) is 5.41 Å². The Hall–Kier alpha value is -1.42. The fourth-order valence-electron chi connectivity index (χ4n) is 1.70. The quantitative estimate of drug-likeness (QED) is 0.703. The molecule has 0 radical (unpaired) electrons. The van der Waals surface area contributed by atoms with E-state index in [4.69, 9.17) is 5.41 Å². The van der Waals surface area contributed by atoms with Crippen LogP contribution in [0.4, 0.5) is 5.82 Å². The predicted molar refractivity (Wildman–Crippen MR) is 61.8 cm³/mol. The fourth-order valence-corrected chi connectivity index (χ4v) is 1.70. The third-order valence-electron chi connectivity index (χ3n) is 2.56. The molecule has 15 heavy (non-hydrogen) atoms. The van der Waals surface area contributed by atoms with E-state index in [1.54, 1.807) is 6.92 Å². The molecule has 0 unspecified atom stereocenters. The zero-order valence-electron chi connectivity index (χ0n) is 8.95. The molecule has 0 saturated carbocycles. The first-order valence-corrected chi connectivity index (χ1v) is 5.25. The van der Waals surface area contributed by atoms with Crippen molar-refractivity contribution in [3.8, 4) is 0 Å². The summed E-state index contributed by atoms with van der Waals surface area (Å²) in [4.78, 5) is 6.72. The van der Waals surface area contributed by atoms with Gasteiger partial charge < -0.3 is 15.6 Å². The number of hydrogen-bond donors (Lipinski definition) is 2. The van der Waals surface area contributed by atoms with Crippen molar-refractivity contribution < 1.29 is 0 Å². The molecule has 2 N–H and O–H groups in total. The van der Waals surface area contributed by atoms with E-state index in [1.807, 2.05) is 18.2 Å². The Morgan fingerprint density at radius 2 is 2.13 bits per heavy atom. The highest BCUT2D eigenvalue weighted by Crippen LogP contribution is 2.12. The maximum atomic E-state index is 7.55. The lowest BCUT2D eigenvalue weighted by Crippen LogP contribution is -2.43. The minimum absolute atomic E-state index is 0.520. The molecular formula is C11H16N4. The zero-order valence-corrected chi connectivity index (χ0v) is 8.95. The third-order valence-corrected chi connectivity index (χ3v) is 2.56. The average molecular weight is 204 g/mol. The Balaban J connectivity index is 2.19. The van der Waals surface area contributed by atoms with Gasteiger partial charge in [0.2, 0.25) is 0 Å². The summed E-state index contributed by atoms with van der Waals surface area (Å²) < 4.78 is 0. The van der Waals surface area contributed by atoms with Crippen molar-refractivity contribution in [3.05, 3.63) is 23.9 Å². The standard InChI is InChI=1S/C11H16N4/c1-9(12)10-3-2-4-11(14-10)15-7-5-13-6-8-15/h2-4,12-13H,5-8H2,1H3. The van der Waals surface area contributed by atoms with Gasteiger partial charge in [0.25, 0.3) is 0 Å². The molecule has 4 nitrogen and oxygen atoms in total. The molecule has 1 aliphatic rings. The van der Waals surface area contributed by atoms with Crippen LogP contribution in [0.15, 0.2) is 18.2 Å². The maximum absolute atomic E-state index is 7.55. The Bertz CT molecular complexity index is 355. The van der Waals surface area contributed by atoms with Crippen molar-refractivity contribution in [2.24, 2.45) is 0 Å². The van der Waals surface area contributed by atoms with E-state index in [1.165, 1.54) is 0 Å². The summed E-state index contributed by atoms with van der Waals surface area (Å²) in [6, 6.07) is 5.86. The lowest BCUT2D eigenvalue weighted by Gasteiger charge is -2.28. The summed E-state index contributed by atoms with van der Waals surface area (Å²) in [5.41, 5.74) is 1.29. The first-order valence-electron chi connectivity index (χ1n) is 5.25. The molecule has 1 aliphatic heterocycles. The van der Waals surface area contributed by atoms with Crippen LogP contribution in [-0.2, 0) is 0 Å². The molecule has 0 aliphatic carbocycles. The van der Waals surface area contributed by atoms with Crippen molar-refractivity contribution in [3.63, 3.8) is 0 Å². The summed E-state index contributed by atoms with van der Waals surface area (Å²) in [5, 5.41) is 10.9. The van der Waals surface area contributed by atoms with Crippen LogP contribution in [0, 0.1) is 5.41 Å². The van der Waals surface area contributed by atoms with Gasteiger partial charge in [-0.2, -0.15) is 0 Å². The topological polar surface area (TPSA) is 52.0 Å². The zero-order chi connectivity index (χ0) is 10.7. The second-order valence-electron chi connectivity index (χ2n) is 3.74. The Kier molecular flexibility index (Phi) is 2.97. The first kappa shape index (κ1) is 10.1. The Morgan fingerprint density at radius 1 is 1.40 bits per heavy atom. The minimum Gasteiger partial charge on any atom is -0.354 e. The number of nitrogens with zero attached hydrogens (tertiary/aromatic N) is 2. The lowest BCUT2D eigenvalue weighted by molar-refractivity contribution is 0.585. The molecule has 1 aromatic heterocycles. The maximum Gasteiger partial charge on any atom is 0.129 e. The molecule has 2 heterocycles. The molecule has 1 fully saturated rings. The normalized spacial score (nSPS) is 16.5. The number of aromatic nitrogens is 1. The number of piperazine rings is 1. The average Bonchev–Trinajstić information content (AvgIpc) is 2.30. The first-order chi connectivity index (χ1) is 7.27. The van der Waals surface area contributed by atoms with E-state index in [0.29, 0.717) is 5.71 Å². The summed E-state index contributed by atoms with van der Waals surface area (Å²) in [6.07, 6.45) is 0. The Morgan fingerprint density at radius 3 is 2.80 bits per heavy atom. The van der Waals surface area contributed by atoms with Crippen LogP contribution in [0.3, 0.4) is 0 Å². The van der Waals surface area contributed by atoms with E-state index in [-0.39, 0.29) is 0 Å². The van der Waals surface area contributed by atoms with E-state index < -0.39 is 0 Å². The van der Waals surface area contributed by atoms with E-state index in [0.717, 1.165) is 37.7 Å². The van der Waals surface area contributed by atoms with Gasteiger partial charge in [-0.25, -0.2) is 4.98 Å². The van der Waals surface area contributed by atoms with E-state index in [9.17, 15) is 0 Å². The van der Waals surface area contributed by atoms with Gasteiger partial charge in [-0.05, 0) is 19.1 Å². The summed E-state index contributed by atoms with van der Waals surface area (Å²) >= 11 is 0. The Labute approximate surface area is 89.8 Å². The van der Waals surface area contributed by atoms with E-state index >= 15 is 0 Å². The molecule has 1 aromatic rings. The highest BCUT2D eigenvalue weighted by atomic mass is 15.2.